The van der Waals surface area contributed by atoms with E-state index >= 15 is 0 Å². The van der Waals surface area contributed by atoms with Crippen LogP contribution in [0.25, 0.3) is 4.91 Å². The van der Waals surface area contributed by atoms with Gasteiger partial charge in [0.05, 0.1) is 6.04 Å². The standard InChI is InChI=1S/C21H21NS2/c1-21(2)15-8-4-5-9-17(15)22-19-14-11-23-18-10-6-3-7-13(18)20(14)24-12-16(19)21/h3-10,16,19,22H,11-12H2,1-2H3. The topological polar surface area (TPSA) is 12.0 Å². The van der Waals surface area contributed by atoms with Crippen molar-refractivity contribution in [2.75, 3.05) is 16.8 Å². The zero-order valence-electron chi connectivity index (χ0n) is 14.0. The summed E-state index contributed by atoms with van der Waals surface area (Å²) < 4.78 is 0. The van der Waals surface area contributed by atoms with E-state index in [1.807, 2.05) is 11.8 Å². The van der Waals surface area contributed by atoms with Crippen LogP contribution in [0.15, 0.2) is 59.0 Å². The van der Waals surface area contributed by atoms with E-state index in [9.17, 15) is 0 Å². The first-order valence-electron chi connectivity index (χ1n) is 8.60. The van der Waals surface area contributed by atoms with Crippen LogP contribution in [-0.2, 0) is 5.41 Å². The molecule has 0 aliphatic carbocycles. The first-order valence-corrected chi connectivity index (χ1v) is 10.6. The average Bonchev–Trinajstić information content (AvgIpc) is 2.61. The summed E-state index contributed by atoms with van der Waals surface area (Å²) in [7, 11) is 0. The average molecular weight is 352 g/mol. The molecular weight excluding hydrogens is 330 g/mol. The van der Waals surface area contributed by atoms with Crippen LogP contribution in [0, 0.1) is 5.92 Å². The highest BCUT2D eigenvalue weighted by Gasteiger charge is 2.46. The van der Waals surface area contributed by atoms with E-state index in [0.29, 0.717) is 12.0 Å². The van der Waals surface area contributed by atoms with Gasteiger partial charge in [0.1, 0.15) is 0 Å². The zero-order chi connectivity index (χ0) is 16.3. The molecule has 0 radical (unpaired) electrons. The lowest BCUT2D eigenvalue weighted by Gasteiger charge is -2.50. The van der Waals surface area contributed by atoms with Gasteiger partial charge in [-0.2, -0.15) is 0 Å². The van der Waals surface area contributed by atoms with Gasteiger partial charge in [-0.05, 0) is 28.7 Å². The third-order valence-electron chi connectivity index (χ3n) is 5.85. The fourth-order valence-corrected chi connectivity index (χ4v) is 7.40. The van der Waals surface area contributed by atoms with Crippen LogP contribution in [-0.4, -0.2) is 17.5 Å². The molecular formula is C21H21NS2. The van der Waals surface area contributed by atoms with Crippen LogP contribution in [0.4, 0.5) is 5.69 Å². The zero-order valence-corrected chi connectivity index (χ0v) is 15.6. The Hall–Kier alpha value is -1.32. The summed E-state index contributed by atoms with van der Waals surface area (Å²) in [6.07, 6.45) is 0. The molecule has 3 aliphatic heterocycles. The molecule has 0 bridgehead atoms. The van der Waals surface area contributed by atoms with Crippen molar-refractivity contribution in [3.05, 3.63) is 65.2 Å². The Morgan fingerprint density at radius 3 is 2.71 bits per heavy atom. The van der Waals surface area contributed by atoms with Crippen LogP contribution < -0.4 is 5.32 Å². The lowest BCUT2D eigenvalue weighted by Crippen LogP contribution is -2.50. The normalized spacial score (nSPS) is 26.6. The number of nitrogens with one attached hydrogen (secondary N) is 1. The minimum atomic E-state index is 0.208. The molecule has 1 N–H and O–H groups in total. The molecule has 1 nitrogen and oxygen atoms in total. The molecule has 2 unspecified atom stereocenters. The predicted octanol–water partition coefficient (Wildman–Crippen LogP) is 5.64. The highest BCUT2D eigenvalue weighted by molar-refractivity contribution is 8.08. The number of rotatable bonds is 0. The number of hydrogen-bond donors (Lipinski definition) is 1. The largest absolute Gasteiger partial charge is 0.378 e. The van der Waals surface area contributed by atoms with E-state index < -0.39 is 0 Å². The van der Waals surface area contributed by atoms with Crippen molar-refractivity contribution in [2.24, 2.45) is 5.92 Å². The monoisotopic (exact) mass is 351 g/mol. The van der Waals surface area contributed by atoms with E-state index in [1.165, 1.54) is 32.4 Å². The predicted molar refractivity (Wildman–Crippen MR) is 107 cm³/mol. The summed E-state index contributed by atoms with van der Waals surface area (Å²) in [4.78, 5) is 2.98. The number of hydrogen-bond acceptors (Lipinski definition) is 3. The first kappa shape index (κ1) is 15.0. The molecule has 3 aliphatic rings. The minimum Gasteiger partial charge on any atom is -0.378 e. The summed E-state index contributed by atoms with van der Waals surface area (Å²) >= 11 is 4.08. The lowest BCUT2D eigenvalue weighted by molar-refractivity contribution is 0.314. The second kappa shape index (κ2) is 5.34. The maximum absolute atomic E-state index is 3.90. The van der Waals surface area contributed by atoms with E-state index in [4.69, 9.17) is 0 Å². The van der Waals surface area contributed by atoms with Gasteiger partial charge in [-0.25, -0.2) is 0 Å². The number of anilines is 1. The summed E-state index contributed by atoms with van der Waals surface area (Å²) in [5.41, 5.74) is 6.07. The summed E-state index contributed by atoms with van der Waals surface area (Å²) in [5.74, 6) is 2.95. The van der Waals surface area contributed by atoms with Crippen molar-refractivity contribution in [1.82, 2.24) is 0 Å². The van der Waals surface area contributed by atoms with Gasteiger partial charge in [0.25, 0.3) is 0 Å². The molecule has 2 aromatic rings. The molecule has 0 saturated heterocycles. The second-order valence-corrected chi connectivity index (χ2v) is 9.49. The van der Waals surface area contributed by atoms with Gasteiger partial charge in [0.2, 0.25) is 0 Å². The number of para-hydroxylation sites is 1. The molecule has 24 heavy (non-hydrogen) atoms. The van der Waals surface area contributed by atoms with Crippen molar-refractivity contribution in [1.29, 1.82) is 0 Å². The van der Waals surface area contributed by atoms with Crippen LogP contribution in [0.3, 0.4) is 0 Å². The Morgan fingerprint density at radius 2 is 1.79 bits per heavy atom. The van der Waals surface area contributed by atoms with Gasteiger partial charge >= 0.3 is 0 Å². The molecule has 3 heterocycles. The van der Waals surface area contributed by atoms with Crippen molar-refractivity contribution in [3.63, 3.8) is 0 Å². The molecule has 3 heteroatoms. The van der Waals surface area contributed by atoms with E-state index in [-0.39, 0.29) is 5.41 Å². The van der Waals surface area contributed by atoms with Gasteiger partial charge in [-0.1, -0.05) is 50.2 Å². The fourth-order valence-electron chi connectivity index (χ4n) is 4.44. The Kier molecular flexibility index (Phi) is 3.33. The van der Waals surface area contributed by atoms with Crippen LogP contribution in [0.1, 0.15) is 25.0 Å². The molecule has 2 aromatic carbocycles. The highest BCUT2D eigenvalue weighted by Crippen LogP contribution is 2.55. The highest BCUT2D eigenvalue weighted by atomic mass is 32.2. The van der Waals surface area contributed by atoms with Gasteiger partial charge in [0, 0.05) is 38.5 Å². The Balaban J connectivity index is 1.65. The summed E-state index contributed by atoms with van der Waals surface area (Å²) in [5, 5.41) is 3.90. The van der Waals surface area contributed by atoms with Crippen LogP contribution >= 0.6 is 23.5 Å². The van der Waals surface area contributed by atoms with Crippen molar-refractivity contribution < 1.29 is 0 Å². The molecule has 0 aromatic heterocycles. The smallest absolute Gasteiger partial charge is 0.0540 e. The molecule has 122 valence electrons. The molecule has 0 spiro atoms. The summed E-state index contributed by atoms with van der Waals surface area (Å²) in [6.45, 7) is 4.86. The number of thioether (sulfide) groups is 2. The molecule has 5 rings (SSSR count). The second-order valence-electron chi connectivity index (χ2n) is 7.45. The SMILES string of the molecule is CC1(C)c2ccccc2NC2C3=C(SCC21)c1ccccc1SC3. The van der Waals surface area contributed by atoms with Gasteiger partial charge in [-0.3, -0.25) is 0 Å². The van der Waals surface area contributed by atoms with Crippen LogP contribution in [0.5, 0.6) is 0 Å². The maximum Gasteiger partial charge on any atom is 0.0540 e. The van der Waals surface area contributed by atoms with E-state index in [0.717, 1.165) is 5.75 Å². The molecule has 0 fully saturated rings. The minimum absolute atomic E-state index is 0.208. The molecule has 2 atom stereocenters. The van der Waals surface area contributed by atoms with Crippen molar-refractivity contribution in [2.45, 2.75) is 30.2 Å². The lowest BCUT2D eigenvalue weighted by atomic mass is 9.66. The van der Waals surface area contributed by atoms with E-state index in [2.05, 4.69) is 79.5 Å². The fraction of sp³-hybridized carbons (Fsp3) is 0.333. The Morgan fingerprint density at radius 1 is 1.00 bits per heavy atom. The first-order chi connectivity index (χ1) is 11.7. The Bertz CT molecular complexity index is 852. The quantitative estimate of drug-likeness (QED) is 0.660. The van der Waals surface area contributed by atoms with Crippen molar-refractivity contribution >= 4 is 34.1 Å². The Labute approximate surface area is 152 Å². The van der Waals surface area contributed by atoms with Gasteiger partial charge < -0.3 is 5.32 Å². The number of benzene rings is 2. The molecule has 0 saturated carbocycles. The van der Waals surface area contributed by atoms with E-state index in [1.54, 1.807) is 5.57 Å². The number of fused-ring (bicyclic) bond motifs is 5. The van der Waals surface area contributed by atoms with Crippen LogP contribution in [0.2, 0.25) is 0 Å². The molecule has 0 amide bonds. The van der Waals surface area contributed by atoms with Crippen molar-refractivity contribution in [3.8, 4) is 0 Å². The third kappa shape index (κ3) is 2.04. The van der Waals surface area contributed by atoms with Gasteiger partial charge in [0.15, 0.2) is 0 Å². The van der Waals surface area contributed by atoms with Gasteiger partial charge in [-0.15, -0.1) is 23.5 Å². The maximum atomic E-state index is 3.90. The summed E-state index contributed by atoms with van der Waals surface area (Å²) in [6, 6.07) is 18.2. The third-order valence-corrected chi connectivity index (χ3v) is 8.27.